The van der Waals surface area contributed by atoms with E-state index in [1.165, 1.54) is 0 Å². The van der Waals surface area contributed by atoms with Gasteiger partial charge in [-0.1, -0.05) is 6.92 Å². The van der Waals surface area contributed by atoms with Gasteiger partial charge in [0.1, 0.15) is 5.69 Å². The van der Waals surface area contributed by atoms with Gasteiger partial charge < -0.3 is 15.1 Å². The van der Waals surface area contributed by atoms with Crippen molar-refractivity contribution >= 4 is 5.69 Å². The Morgan fingerprint density at radius 1 is 0.955 bits per heavy atom. The van der Waals surface area contributed by atoms with Gasteiger partial charge in [0.05, 0.1) is 0 Å². The average molecular weight is 320 g/mol. The van der Waals surface area contributed by atoms with Gasteiger partial charge in [0.15, 0.2) is 0 Å². The Morgan fingerprint density at radius 2 is 1.50 bits per heavy atom. The minimum absolute atomic E-state index is 0.227. The standard InChI is InChI=1S/C14H20F4N4/c1-2-21-6-8-22(9-7-21)5-3-4-19-12-10(15)13(17)20-14(18)11(12)16/h2-9H2,1H3,(H,19,20). The topological polar surface area (TPSA) is 31.4 Å². The minimum Gasteiger partial charge on any atom is -0.380 e. The van der Waals surface area contributed by atoms with Crippen molar-refractivity contribution in [2.45, 2.75) is 13.3 Å². The third-order valence-corrected chi connectivity index (χ3v) is 3.86. The lowest BCUT2D eigenvalue weighted by atomic mass is 10.3. The molecule has 4 nitrogen and oxygen atoms in total. The van der Waals surface area contributed by atoms with E-state index in [0.717, 1.165) is 39.3 Å². The maximum Gasteiger partial charge on any atom is 0.253 e. The van der Waals surface area contributed by atoms with Gasteiger partial charge >= 0.3 is 0 Å². The maximum atomic E-state index is 13.4. The number of piperazine rings is 1. The number of hydrogen-bond acceptors (Lipinski definition) is 4. The number of nitrogens with one attached hydrogen (secondary N) is 1. The van der Waals surface area contributed by atoms with Crippen molar-refractivity contribution in [3.8, 4) is 0 Å². The number of likely N-dealkylation sites (N-methyl/N-ethyl adjacent to an activating group) is 1. The summed E-state index contributed by atoms with van der Waals surface area (Å²) < 4.78 is 52.7. The first-order valence-corrected chi connectivity index (χ1v) is 7.41. The fourth-order valence-electron chi connectivity index (χ4n) is 2.49. The summed E-state index contributed by atoms with van der Waals surface area (Å²) in [6, 6.07) is 0. The molecule has 0 unspecified atom stereocenters. The molecule has 0 aromatic carbocycles. The molecule has 1 aliphatic heterocycles. The highest BCUT2D eigenvalue weighted by molar-refractivity contribution is 5.45. The van der Waals surface area contributed by atoms with Crippen LogP contribution in [-0.4, -0.2) is 60.6 Å². The van der Waals surface area contributed by atoms with Crippen LogP contribution in [-0.2, 0) is 0 Å². The number of aromatic nitrogens is 1. The third kappa shape index (κ3) is 4.07. The fraction of sp³-hybridized carbons (Fsp3) is 0.643. The van der Waals surface area contributed by atoms with Gasteiger partial charge in [-0.2, -0.15) is 22.5 Å². The average Bonchev–Trinajstić information content (AvgIpc) is 2.53. The second-order valence-corrected chi connectivity index (χ2v) is 5.25. The van der Waals surface area contributed by atoms with E-state index in [-0.39, 0.29) is 6.54 Å². The number of pyridine rings is 1. The Balaban J connectivity index is 1.78. The SMILES string of the molecule is CCN1CCN(CCCNc2c(F)c(F)nc(F)c2F)CC1. The Bertz CT molecular complexity index is 478. The summed E-state index contributed by atoms with van der Waals surface area (Å²) in [6.45, 7) is 8.07. The zero-order valence-electron chi connectivity index (χ0n) is 12.5. The van der Waals surface area contributed by atoms with E-state index in [2.05, 4.69) is 27.0 Å². The molecule has 1 aromatic heterocycles. The van der Waals surface area contributed by atoms with Crippen LogP contribution < -0.4 is 5.32 Å². The lowest BCUT2D eigenvalue weighted by molar-refractivity contribution is 0.137. The zero-order chi connectivity index (χ0) is 16.1. The molecular formula is C14H20F4N4. The van der Waals surface area contributed by atoms with Gasteiger partial charge in [-0.05, 0) is 19.5 Å². The highest BCUT2D eigenvalue weighted by Gasteiger charge is 2.20. The summed E-state index contributed by atoms with van der Waals surface area (Å²) in [5, 5.41) is 2.42. The smallest absolute Gasteiger partial charge is 0.253 e. The van der Waals surface area contributed by atoms with Crippen molar-refractivity contribution in [2.75, 3.05) is 51.1 Å². The molecule has 1 aromatic rings. The molecule has 0 amide bonds. The summed E-state index contributed by atoms with van der Waals surface area (Å²) in [7, 11) is 0. The third-order valence-electron chi connectivity index (χ3n) is 3.86. The van der Waals surface area contributed by atoms with E-state index in [4.69, 9.17) is 0 Å². The summed E-state index contributed by atoms with van der Waals surface area (Å²) in [5.41, 5.74) is -0.791. The van der Waals surface area contributed by atoms with E-state index in [1.54, 1.807) is 0 Å². The summed E-state index contributed by atoms with van der Waals surface area (Å²) in [6.07, 6.45) is 0.622. The molecule has 22 heavy (non-hydrogen) atoms. The van der Waals surface area contributed by atoms with E-state index in [0.29, 0.717) is 6.42 Å². The number of nitrogens with zero attached hydrogens (tertiary/aromatic N) is 3. The second-order valence-electron chi connectivity index (χ2n) is 5.25. The van der Waals surface area contributed by atoms with Crippen molar-refractivity contribution in [1.82, 2.24) is 14.8 Å². The Kier molecular flexibility index (Phi) is 5.96. The van der Waals surface area contributed by atoms with Crippen LogP contribution in [0.1, 0.15) is 13.3 Å². The molecule has 0 saturated carbocycles. The highest BCUT2D eigenvalue weighted by Crippen LogP contribution is 2.21. The van der Waals surface area contributed by atoms with Gasteiger partial charge in [-0.15, -0.1) is 0 Å². The molecule has 1 N–H and O–H groups in total. The monoisotopic (exact) mass is 320 g/mol. The van der Waals surface area contributed by atoms with Crippen LogP contribution in [0.25, 0.3) is 0 Å². The molecule has 0 atom stereocenters. The highest BCUT2D eigenvalue weighted by atomic mass is 19.2. The lowest BCUT2D eigenvalue weighted by Gasteiger charge is -2.34. The summed E-state index contributed by atoms with van der Waals surface area (Å²) >= 11 is 0. The van der Waals surface area contributed by atoms with Gasteiger partial charge in [0.25, 0.3) is 11.9 Å². The van der Waals surface area contributed by atoms with Crippen LogP contribution in [0.5, 0.6) is 0 Å². The first-order chi connectivity index (χ1) is 10.5. The molecule has 2 rings (SSSR count). The van der Waals surface area contributed by atoms with Crippen molar-refractivity contribution in [1.29, 1.82) is 0 Å². The van der Waals surface area contributed by atoms with E-state index in [1.807, 2.05) is 0 Å². The molecule has 0 radical (unpaired) electrons. The molecule has 0 spiro atoms. The van der Waals surface area contributed by atoms with Crippen LogP contribution in [0, 0.1) is 23.5 Å². The number of hydrogen-bond donors (Lipinski definition) is 1. The molecule has 1 saturated heterocycles. The molecule has 1 fully saturated rings. The van der Waals surface area contributed by atoms with Crippen molar-refractivity contribution < 1.29 is 17.6 Å². The predicted molar refractivity (Wildman–Crippen MR) is 75.7 cm³/mol. The first-order valence-electron chi connectivity index (χ1n) is 7.41. The fourth-order valence-corrected chi connectivity index (χ4v) is 2.49. The molecule has 0 bridgehead atoms. The lowest BCUT2D eigenvalue weighted by Crippen LogP contribution is -2.46. The van der Waals surface area contributed by atoms with Gasteiger partial charge in [-0.25, -0.2) is 0 Å². The largest absolute Gasteiger partial charge is 0.380 e. The molecule has 124 valence electrons. The summed E-state index contributed by atoms with van der Waals surface area (Å²) in [4.78, 5) is 7.12. The minimum atomic E-state index is -1.64. The summed E-state index contributed by atoms with van der Waals surface area (Å²) in [5.74, 6) is -6.26. The van der Waals surface area contributed by atoms with E-state index >= 15 is 0 Å². The predicted octanol–water partition coefficient (Wildman–Crippen LogP) is 2.08. The molecule has 1 aliphatic rings. The van der Waals surface area contributed by atoms with E-state index < -0.39 is 29.2 Å². The normalized spacial score (nSPS) is 17.0. The quantitative estimate of drug-likeness (QED) is 0.494. The van der Waals surface area contributed by atoms with Crippen LogP contribution >= 0.6 is 0 Å². The van der Waals surface area contributed by atoms with Crippen molar-refractivity contribution in [3.63, 3.8) is 0 Å². The first kappa shape index (κ1) is 17.0. The van der Waals surface area contributed by atoms with Crippen LogP contribution in [0.15, 0.2) is 0 Å². The molecule has 0 aliphatic carbocycles. The molecular weight excluding hydrogens is 300 g/mol. The van der Waals surface area contributed by atoms with Crippen LogP contribution in [0.2, 0.25) is 0 Å². The van der Waals surface area contributed by atoms with Crippen molar-refractivity contribution in [2.24, 2.45) is 0 Å². The number of halogens is 4. The Labute approximate surface area is 127 Å². The Morgan fingerprint density at radius 3 is 2.05 bits per heavy atom. The van der Waals surface area contributed by atoms with Crippen LogP contribution in [0.3, 0.4) is 0 Å². The van der Waals surface area contributed by atoms with Gasteiger partial charge in [0.2, 0.25) is 11.6 Å². The van der Waals surface area contributed by atoms with Crippen LogP contribution in [0.4, 0.5) is 23.2 Å². The Hall–Kier alpha value is -1.41. The number of rotatable bonds is 6. The maximum absolute atomic E-state index is 13.4. The molecule has 2 heterocycles. The zero-order valence-corrected chi connectivity index (χ0v) is 12.5. The second kappa shape index (κ2) is 7.73. The van der Waals surface area contributed by atoms with E-state index in [9.17, 15) is 17.6 Å². The van der Waals surface area contributed by atoms with Gasteiger partial charge in [0, 0.05) is 32.7 Å². The van der Waals surface area contributed by atoms with Gasteiger partial charge in [-0.3, -0.25) is 0 Å². The van der Waals surface area contributed by atoms with Crippen molar-refractivity contribution in [3.05, 3.63) is 23.5 Å². The molecule has 8 heteroatoms. The number of anilines is 1.